The van der Waals surface area contributed by atoms with Gasteiger partial charge in [-0.2, -0.15) is 0 Å². The van der Waals surface area contributed by atoms with Crippen LogP contribution in [0.3, 0.4) is 0 Å². The summed E-state index contributed by atoms with van der Waals surface area (Å²) in [6.45, 7) is 3.67. The summed E-state index contributed by atoms with van der Waals surface area (Å²) in [5.74, 6) is -0.493. The number of nitrogens with one attached hydrogen (secondary N) is 1. The number of aryl methyl sites for hydroxylation is 1. The van der Waals surface area contributed by atoms with Gasteiger partial charge in [-0.1, -0.05) is 24.3 Å². The lowest BCUT2D eigenvalue weighted by molar-refractivity contribution is -0.121. The molecule has 2 amide bonds. The summed E-state index contributed by atoms with van der Waals surface area (Å²) in [4.78, 5) is 25.1. The van der Waals surface area contributed by atoms with Crippen molar-refractivity contribution in [2.45, 2.75) is 37.6 Å². The van der Waals surface area contributed by atoms with E-state index in [1.165, 1.54) is 25.3 Å². The summed E-state index contributed by atoms with van der Waals surface area (Å²) in [6.07, 6.45) is 0.197. The molecule has 7 nitrogen and oxygen atoms in total. The number of amides is 2. The smallest absolute Gasteiger partial charge is 0.241 e. The summed E-state index contributed by atoms with van der Waals surface area (Å²) in [6, 6.07) is 11.2. The molecule has 0 radical (unpaired) electrons. The predicted octanol–water partition coefficient (Wildman–Crippen LogP) is 2.70. The fourth-order valence-corrected chi connectivity index (χ4v) is 4.54. The topological polar surface area (TPSA) is 92.8 Å². The van der Waals surface area contributed by atoms with Crippen molar-refractivity contribution >= 4 is 27.5 Å². The molecule has 0 aromatic heterocycles. The number of carbonyl (C=O) groups excluding carboxylic acids is 2. The minimum absolute atomic E-state index is 0.0452. The van der Waals surface area contributed by atoms with Gasteiger partial charge in [-0.05, 0) is 43.2 Å². The summed E-state index contributed by atoms with van der Waals surface area (Å²) in [7, 11) is -2.49. The Bertz CT molecular complexity index is 1020. The fraction of sp³-hybridized carbons (Fsp3) is 0.300. The van der Waals surface area contributed by atoms with Crippen LogP contribution in [0.2, 0.25) is 0 Å². The van der Waals surface area contributed by atoms with E-state index in [0.717, 1.165) is 16.0 Å². The molecule has 2 aromatic rings. The highest BCUT2D eigenvalue weighted by molar-refractivity contribution is 7.89. The maximum absolute atomic E-state index is 12.9. The number of imide groups is 1. The molecule has 1 atom stereocenters. The van der Waals surface area contributed by atoms with Crippen molar-refractivity contribution in [1.82, 2.24) is 4.72 Å². The summed E-state index contributed by atoms with van der Waals surface area (Å²) in [5.41, 5.74) is 1.98. The number of sulfonamides is 1. The second-order valence-corrected chi connectivity index (χ2v) is 8.37. The molecule has 3 rings (SSSR count). The SMILES string of the molecule is COc1ccc(S(=O)(=O)N[C@H](C)c2ccccc2C)cc1N1C(=O)CCC1=O. The van der Waals surface area contributed by atoms with Gasteiger partial charge in [0, 0.05) is 18.9 Å². The van der Waals surface area contributed by atoms with Gasteiger partial charge in [0.2, 0.25) is 21.8 Å². The van der Waals surface area contributed by atoms with Crippen molar-refractivity contribution in [2.24, 2.45) is 0 Å². The second-order valence-electron chi connectivity index (χ2n) is 6.66. The standard InChI is InChI=1S/C20H22N2O5S/c1-13-6-4-5-7-16(13)14(2)21-28(25,26)15-8-9-18(27-3)17(12-15)22-19(23)10-11-20(22)24/h4-9,12,14,21H,10-11H2,1-3H3/t14-/m1/s1. The number of carbonyl (C=O) groups is 2. The molecule has 0 saturated carbocycles. The minimum atomic E-state index is -3.89. The van der Waals surface area contributed by atoms with Gasteiger partial charge in [0.1, 0.15) is 5.75 Å². The van der Waals surface area contributed by atoms with Gasteiger partial charge in [0.15, 0.2) is 0 Å². The van der Waals surface area contributed by atoms with Crippen LogP contribution in [0.1, 0.15) is 36.9 Å². The van der Waals surface area contributed by atoms with Gasteiger partial charge >= 0.3 is 0 Å². The summed E-state index contributed by atoms with van der Waals surface area (Å²) < 4.78 is 33.7. The van der Waals surface area contributed by atoms with E-state index in [2.05, 4.69) is 4.72 Å². The van der Waals surface area contributed by atoms with E-state index in [9.17, 15) is 18.0 Å². The minimum Gasteiger partial charge on any atom is -0.495 e. The molecular weight excluding hydrogens is 380 g/mol. The number of hydrogen-bond donors (Lipinski definition) is 1. The first-order chi connectivity index (χ1) is 13.2. The first kappa shape index (κ1) is 20.0. The van der Waals surface area contributed by atoms with Crippen LogP contribution in [0.25, 0.3) is 0 Å². The Morgan fingerprint density at radius 2 is 1.71 bits per heavy atom. The number of methoxy groups -OCH3 is 1. The summed E-state index contributed by atoms with van der Waals surface area (Å²) in [5, 5.41) is 0. The van der Waals surface area contributed by atoms with Gasteiger partial charge in [-0.3, -0.25) is 9.59 Å². The molecule has 1 saturated heterocycles. The number of anilines is 1. The maximum Gasteiger partial charge on any atom is 0.241 e. The largest absolute Gasteiger partial charge is 0.495 e. The number of hydrogen-bond acceptors (Lipinski definition) is 5. The average molecular weight is 402 g/mol. The highest BCUT2D eigenvalue weighted by atomic mass is 32.2. The molecular formula is C20H22N2O5S. The van der Waals surface area contributed by atoms with Crippen molar-refractivity contribution in [2.75, 3.05) is 12.0 Å². The molecule has 148 valence electrons. The summed E-state index contributed by atoms with van der Waals surface area (Å²) >= 11 is 0. The highest BCUT2D eigenvalue weighted by Gasteiger charge is 2.33. The van der Waals surface area contributed by atoms with Crippen molar-refractivity contribution in [3.8, 4) is 5.75 Å². The van der Waals surface area contributed by atoms with Crippen LogP contribution in [0, 0.1) is 6.92 Å². The normalized spacial score (nSPS) is 15.8. The Kier molecular flexibility index (Phi) is 5.53. The Hall–Kier alpha value is -2.71. The molecule has 1 aliphatic heterocycles. The van der Waals surface area contributed by atoms with E-state index in [0.29, 0.717) is 0 Å². The van der Waals surface area contributed by atoms with Crippen LogP contribution < -0.4 is 14.4 Å². The molecule has 1 N–H and O–H groups in total. The Balaban J connectivity index is 1.96. The lowest BCUT2D eigenvalue weighted by Crippen LogP contribution is -2.30. The molecule has 0 unspecified atom stereocenters. The third-order valence-corrected chi connectivity index (χ3v) is 6.28. The highest BCUT2D eigenvalue weighted by Crippen LogP contribution is 2.34. The van der Waals surface area contributed by atoms with Crippen molar-refractivity contribution in [3.05, 3.63) is 53.6 Å². The number of ether oxygens (including phenoxy) is 1. The average Bonchev–Trinajstić information content (AvgIpc) is 2.99. The molecule has 1 heterocycles. The number of rotatable bonds is 6. The Labute approximate surface area is 164 Å². The molecule has 1 fully saturated rings. The van der Waals surface area contributed by atoms with E-state index >= 15 is 0 Å². The van der Waals surface area contributed by atoms with Gasteiger partial charge in [-0.25, -0.2) is 18.0 Å². The zero-order valence-corrected chi connectivity index (χ0v) is 16.7. The van der Waals surface area contributed by atoms with Gasteiger partial charge < -0.3 is 4.74 Å². The van der Waals surface area contributed by atoms with E-state index in [1.54, 1.807) is 6.92 Å². The van der Waals surface area contributed by atoms with E-state index in [4.69, 9.17) is 4.74 Å². The monoisotopic (exact) mass is 402 g/mol. The molecule has 0 bridgehead atoms. The Morgan fingerprint density at radius 1 is 1.07 bits per heavy atom. The van der Waals surface area contributed by atoms with E-state index < -0.39 is 16.1 Å². The lowest BCUT2D eigenvalue weighted by atomic mass is 10.0. The van der Waals surface area contributed by atoms with Gasteiger partial charge in [0.25, 0.3) is 0 Å². The van der Waals surface area contributed by atoms with Crippen LogP contribution in [0.5, 0.6) is 5.75 Å². The molecule has 0 spiro atoms. The molecule has 0 aliphatic carbocycles. The van der Waals surface area contributed by atoms with E-state index in [1.807, 2.05) is 31.2 Å². The third-order valence-electron chi connectivity index (χ3n) is 4.74. The lowest BCUT2D eigenvalue weighted by Gasteiger charge is -2.20. The number of benzene rings is 2. The van der Waals surface area contributed by atoms with Crippen molar-refractivity contribution in [3.63, 3.8) is 0 Å². The van der Waals surface area contributed by atoms with Crippen LogP contribution in [0.4, 0.5) is 5.69 Å². The van der Waals surface area contributed by atoms with Crippen LogP contribution in [-0.2, 0) is 19.6 Å². The molecule has 2 aromatic carbocycles. The second kappa shape index (κ2) is 7.73. The first-order valence-electron chi connectivity index (χ1n) is 8.86. The maximum atomic E-state index is 12.9. The van der Waals surface area contributed by atoms with Crippen molar-refractivity contribution < 1.29 is 22.7 Å². The van der Waals surface area contributed by atoms with Crippen LogP contribution >= 0.6 is 0 Å². The predicted molar refractivity (Wildman–Crippen MR) is 105 cm³/mol. The first-order valence-corrected chi connectivity index (χ1v) is 10.3. The van der Waals surface area contributed by atoms with Crippen LogP contribution in [0.15, 0.2) is 47.4 Å². The zero-order chi connectivity index (χ0) is 20.5. The van der Waals surface area contributed by atoms with Crippen molar-refractivity contribution in [1.29, 1.82) is 0 Å². The van der Waals surface area contributed by atoms with Crippen LogP contribution in [-0.4, -0.2) is 27.3 Å². The Morgan fingerprint density at radius 3 is 2.32 bits per heavy atom. The molecule has 1 aliphatic rings. The van der Waals surface area contributed by atoms with Gasteiger partial charge in [0.05, 0.1) is 17.7 Å². The zero-order valence-electron chi connectivity index (χ0n) is 15.9. The molecule has 28 heavy (non-hydrogen) atoms. The number of nitrogens with zero attached hydrogens (tertiary/aromatic N) is 1. The third kappa shape index (κ3) is 3.79. The van der Waals surface area contributed by atoms with Gasteiger partial charge in [-0.15, -0.1) is 0 Å². The molecule has 8 heteroatoms. The van der Waals surface area contributed by atoms with E-state index in [-0.39, 0.29) is 41.0 Å². The fourth-order valence-electron chi connectivity index (χ4n) is 3.29. The quantitative estimate of drug-likeness (QED) is 0.750.